The van der Waals surface area contributed by atoms with Crippen LogP contribution in [0.15, 0.2) is 47.8 Å². The van der Waals surface area contributed by atoms with E-state index in [2.05, 4.69) is 30.4 Å². The first kappa shape index (κ1) is 9.32. The Kier molecular flexibility index (Phi) is 2.87. The van der Waals surface area contributed by atoms with Crippen LogP contribution in [0, 0.1) is 5.92 Å². The van der Waals surface area contributed by atoms with E-state index >= 15 is 0 Å². The van der Waals surface area contributed by atoms with E-state index in [9.17, 15) is 0 Å². The van der Waals surface area contributed by atoms with Crippen molar-refractivity contribution >= 4 is 0 Å². The van der Waals surface area contributed by atoms with Crippen LogP contribution in [0.2, 0.25) is 0 Å². The summed E-state index contributed by atoms with van der Waals surface area (Å²) in [5, 5.41) is 0. The lowest BCUT2D eigenvalue weighted by Gasteiger charge is -2.19. The Morgan fingerprint density at radius 2 is 2.14 bits per heavy atom. The number of allylic oxidation sites excluding steroid dienone is 7. The molecule has 14 heavy (non-hydrogen) atoms. The molecule has 0 aromatic heterocycles. The van der Waals surface area contributed by atoms with Crippen molar-refractivity contribution < 1.29 is 4.74 Å². The van der Waals surface area contributed by atoms with E-state index in [4.69, 9.17) is 4.74 Å². The predicted molar refractivity (Wildman–Crippen MR) is 58.8 cm³/mol. The normalized spacial score (nSPS) is 25.6. The first-order chi connectivity index (χ1) is 6.90. The number of methoxy groups -OCH3 is 1. The molecule has 0 aromatic rings. The van der Waals surface area contributed by atoms with Crippen molar-refractivity contribution in [2.45, 2.75) is 19.3 Å². The number of hydrogen-bond donors (Lipinski definition) is 0. The zero-order valence-corrected chi connectivity index (χ0v) is 8.57. The maximum atomic E-state index is 5.24. The average Bonchev–Trinajstić information content (AvgIpc) is 2.30. The van der Waals surface area contributed by atoms with Gasteiger partial charge in [0.05, 0.1) is 7.11 Å². The third-order valence-electron chi connectivity index (χ3n) is 2.73. The van der Waals surface area contributed by atoms with Crippen molar-refractivity contribution in [3.8, 4) is 0 Å². The van der Waals surface area contributed by atoms with Crippen molar-refractivity contribution in [3.63, 3.8) is 0 Å². The molecule has 2 aliphatic rings. The van der Waals surface area contributed by atoms with E-state index in [1.165, 1.54) is 18.4 Å². The maximum absolute atomic E-state index is 5.24. The second-order valence-electron chi connectivity index (χ2n) is 3.70. The van der Waals surface area contributed by atoms with Crippen LogP contribution in [0.4, 0.5) is 0 Å². The second-order valence-corrected chi connectivity index (χ2v) is 3.70. The largest absolute Gasteiger partial charge is 0.497 e. The second kappa shape index (κ2) is 4.32. The third-order valence-corrected chi connectivity index (χ3v) is 2.73. The van der Waals surface area contributed by atoms with Gasteiger partial charge in [-0.15, -0.1) is 0 Å². The minimum absolute atomic E-state index is 0.520. The van der Waals surface area contributed by atoms with Gasteiger partial charge in [0.15, 0.2) is 0 Å². The summed E-state index contributed by atoms with van der Waals surface area (Å²) in [4.78, 5) is 0. The molecule has 1 nitrogen and oxygen atoms in total. The Morgan fingerprint density at radius 1 is 1.21 bits per heavy atom. The summed E-state index contributed by atoms with van der Waals surface area (Å²) in [5.41, 5.74) is 1.44. The predicted octanol–water partition coefficient (Wildman–Crippen LogP) is 3.37. The Morgan fingerprint density at radius 3 is 2.86 bits per heavy atom. The zero-order valence-electron chi connectivity index (χ0n) is 8.57. The topological polar surface area (TPSA) is 9.23 Å². The maximum Gasteiger partial charge on any atom is 0.115 e. The average molecular weight is 188 g/mol. The Bertz CT molecular complexity index is 318. The molecular weight excluding hydrogens is 172 g/mol. The molecule has 74 valence electrons. The molecule has 0 fully saturated rings. The Labute approximate surface area is 85.5 Å². The SMILES string of the molecule is COC1=CC(C2=CCCC=C2)CC=C1. The van der Waals surface area contributed by atoms with Crippen LogP contribution in [0.5, 0.6) is 0 Å². The molecule has 0 amide bonds. The molecule has 1 atom stereocenters. The van der Waals surface area contributed by atoms with E-state index in [1.807, 2.05) is 6.08 Å². The van der Waals surface area contributed by atoms with E-state index in [0.29, 0.717) is 5.92 Å². The monoisotopic (exact) mass is 188 g/mol. The fourth-order valence-electron chi connectivity index (χ4n) is 1.93. The summed E-state index contributed by atoms with van der Waals surface area (Å²) in [7, 11) is 1.73. The molecule has 1 unspecified atom stereocenters. The standard InChI is InChI=1S/C13H16O/c1-14-13-9-5-8-12(10-13)11-6-3-2-4-7-11/h3,5-7,9-10,12H,2,4,8H2,1H3. The van der Waals surface area contributed by atoms with Crippen LogP contribution in [0.3, 0.4) is 0 Å². The molecule has 0 saturated carbocycles. The van der Waals surface area contributed by atoms with Gasteiger partial charge in [-0.1, -0.05) is 24.3 Å². The number of ether oxygens (including phenoxy) is 1. The van der Waals surface area contributed by atoms with Crippen LogP contribution < -0.4 is 0 Å². The summed E-state index contributed by atoms with van der Waals surface area (Å²) in [6.07, 6.45) is 16.8. The van der Waals surface area contributed by atoms with Gasteiger partial charge in [0.1, 0.15) is 5.76 Å². The van der Waals surface area contributed by atoms with Gasteiger partial charge >= 0.3 is 0 Å². The number of rotatable bonds is 2. The molecule has 0 radical (unpaired) electrons. The first-order valence-corrected chi connectivity index (χ1v) is 5.19. The summed E-state index contributed by atoms with van der Waals surface area (Å²) >= 11 is 0. The van der Waals surface area contributed by atoms with Gasteiger partial charge in [-0.05, 0) is 37.0 Å². The highest BCUT2D eigenvalue weighted by Gasteiger charge is 2.13. The molecule has 0 bridgehead atoms. The zero-order chi connectivity index (χ0) is 9.80. The molecule has 0 saturated heterocycles. The highest BCUT2D eigenvalue weighted by atomic mass is 16.5. The Balaban J connectivity index is 2.12. The summed E-state index contributed by atoms with van der Waals surface area (Å²) in [6.45, 7) is 0. The summed E-state index contributed by atoms with van der Waals surface area (Å²) < 4.78 is 5.24. The molecular formula is C13H16O. The molecule has 2 rings (SSSR count). The van der Waals surface area contributed by atoms with Crippen LogP contribution in [0.25, 0.3) is 0 Å². The third kappa shape index (κ3) is 1.98. The highest BCUT2D eigenvalue weighted by Crippen LogP contribution is 2.27. The van der Waals surface area contributed by atoms with Crippen LogP contribution in [-0.2, 0) is 4.74 Å². The lowest BCUT2D eigenvalue weighted by atomic mass is 9.88. The van der Waals surface area contributed by atoms with Crippen molar-refractivity contribution in [2.75, 3.05) is 7.11 Å². The van der Waals surface area contributed by atoms with E-state index in [0.717, 1.165) is 12.2 Å². The molecule has 0 aromatic carbocycles. The van der Waals surface area contributed by atoms with Crippen LogP contribution in [-0.4, -0.2) is 7.11 Å². The Hall–Kier alpha value is -1.24. The summed E-state index contributed by atoms with van der Waals surface area (Å²) in [6, 6.07) is 0. The van der Waals surface area contributed by atoms with Crippen molar-refractivity contribution in [1.82, 2.24) is 0 Å². The van der Waals surface area contributed by atoms with Crippen LogP contribution in [0.1, 0.15) is 19.3 Å². The lowest BCUT2D eigenvalue weighted by Crippen LogP contribution is -2.05. The van der Waals surface area contributed by atoms with Crippen molar-refractivity contribution in [2.24, 2.45) is 5.92 Å². The molecule has 0 N–H and O–H groups in total. The van der Waals surface area contributed by atoms with Gasteiger partial charge in [0.2, 0.25) is 0 Å². The van der Waals surface area contributed by atoms with E-state index in [-0.39, 0.29) is 0 Å². The molecule has 1 heteroatoms. The fourth-order valence-corrected chi connectivity index (χ4v) is 1.93. The van der Waals surface area contributed by atoms with Gasteiger partial charge in [-0.3, -0.25) is 0 Å². The molecule has 0 aliphatic heterocycles. The highest BCUT2D eigenvalue weighted by molar-refractivity contribution is 5.33. The van der Waals surface area contributed by atoms with Crippen LogP contribution >= 0.6 is 0 Å². The van der Waals surface area contributed by atoms with E-state index < -0.39 is 0 Å². The van der Waals surface area contributed by atoms with Gasteiger partial charge in [-0.2, -0.15) is 0 Å². The first-order valence-electron chi connectivity index (χ1n) is 5.19. The van der Waals surface area contributed by atoms with Crippen molar-refractivity contribution in [1.29, 1.82) is 0 Å². The van der Waals surface area contributed by atoms with E-state index in [1.54, 1.807) is 7.11 Å². The molecule has 0 spiro atoms. The number of hydrogen-bond acceptors (Lipinski definition) is 1. The van der Waals surface area contributed by atoms with Gasteiger partial charge in [0.25, 0.3) is 0 Å². The van der Waals surface area contributed by atoms with Gasteiger partial charge in [-0.25, -0.2) is 0 Å². The fraction of sp³-hybridized carbons (Fsp3) is 0.385. The molecule has 2 aliphatic carbocycles. The minimum Gasteiger partial charge on any atom is -0.497 e. The summed E-state index contributed by atoms with van der Waals surface area (Å²) in [5.74, 6) is 1.51. The quantitative estimate of drug-likeness (QED) is 0.645. The van der Waals surface area contributed by atoms with Crippen molar-refractivity contribution in [3.05, 3.63) is 47.8 Å². The van der Waals surface area contributed by atoms with Gasteiger partial charge in [0, 0.05) is 5.92 Å². The lowest BCUT2D eigenvalue weighted by molar-refractivity contribution is 0.301. The molecule has 0 heterocycles. The van der Waals surface area contributed by atoms with Gasteiger partial charge < -0.3 is 4.74 Å². The minimum atomic E-state index is 0.520. The smallest absolute Gasteiger partial charge is 0.115 e.